The lowest BCUT2D eigenvalue weighted by Crippen LogP contribution is -2.49. The number of carbonyl (C=O) groups is 1. The Hall–Kier alpha value is -0.610. The van der Waals surface area contributed by atoms with Gasteiger partial charge in [-0.1, -0.05) is 0 Å². The summed E-state index contributed by atoms with van der Waals surface area (Å²) in [5.74, 6) is 0.194. The van der Waals surface area contributed by atoms with Crippen LogP contribution in [0.15, 0.2) is 0 Å². The summed E-state index contributed by atoms with van der Waals surface area (Å²) in [7, 11) is 5.88. The molecule has 1 N–H and O–H groups in total. The highest BCUT2D eigenvalue weighted by atomic mass is 16.2. The molecular weight excluding hydrogens is 190 g/mol. The fraction of sp³-hybridized carbons (Fsp3) is 0.909. The molecule has 4 heteroatoms. The molecule has 2 unspecified atom stereocenters. The molecule has 1 amide bonds. The van der Waals surface area contributed by atoms with Gasteiger partial charge in [0.05, 0.1) is 6.54 Å². The number of nitrogens with one attached hydrogen (secondary N) is 1. The van der Waals surface area contributed by atoms with Gasteiger partial charge in [-0.15, -0.1) is 0 Å². The summed E-state index contributed by atoms with van der Waals surface area (Å²) in [5, 5.41) is 2.91. The van der Waals surface area contributed by atoms with Crippen LogP contribution in [0.1, 0.15) is 19.8 Å². The van der Waals surface area contributed by atoms with E-state index in [1.807, 2.05) is 19.0 Å². The third kappa shape index (κ3) is 3.18. The second kappa shape index (κ2) is 5.47. The molecule has 1 fully saturated rings. The molecule has 1 rings (SSSR count). The van der Waals surface area contributed by atoms with Gasteiger partial charge in [0.2, 0.25) is 5.91 Å². The molecule has 0 spiro atoms. The van der Waals surface area contributed by atoms with E-state index in [1.165, 1.54) is 0 Å². The van der Waals surface area contributed by atoms with Crippen molar-refractivity contribution in [1.29, 1.82) is 0 Å². The lowest BCUT2D eigenvalue weighted by atomic mass is 9.98. The Morgan fingerprint density at radius 1 is 1.60 bits per heavy atom. The highest BCUT2D eigenvalue weighted by Crippen LogP contribution is 2.19. The van der Waals surface area contributed by atoms with Crippen molar-refractivity contribution in [3.05, 3.63) is 0 Å². The van der Waals surface area contributed by atoms with E-state index in [4.69, 9.17) is 0 Å². The SMILES string of the molecule is CNCC(=O)N(C)C1CCN(C)C(C)C1. The van der Waals surface area contributed by atoms with Gasteiger partial charge >= 0.3 is 0 Å². The molecule has 0 aromatic rings. The summed E-state index contributed by atoms with van der Waals surface area (Å²) in [5.41, 5.74) is 0. The smallest absolute Gasteiger partial charge is 0.236 e. The Morgan fingerprint density at radius 3 is 2.80 bits per heavy atom. The zero-order valence-electron chi connectivity index (χ0n) is 10.3. The Kier molecular flexibility index (Phi) is 4.54. The molecule has 2 atom stereocenters. The molecule has 0 saturated carbocycles. The van der Waals surface area contributed by atoms with E-state index in [-0.39, 0.29) is 5.91 Å². The average Bonchev–Trinajstić information content (AvgIpc) is 2.21. The molecule has 4 nitrogen and oxygen atoms in total. The van der Waals surface area contributed by atoms with Crippen LogP contribution in [0.2, 0.25) is 0 Å². The number of piperidine rings is 1. The lowest BCUT2D eigenvalue weighted by Gasteiger charge is -2.39. The van der Waals surface area contributed by atoms with Crippen LogP contribution in [0.5, 0.6) is 0 Å². The van der Waals surface area contributed by atoms with E-state index < -0.39 is 0 Å². The normalized spacial score (nSPS) is 27.7. The number of rotatable bonds is 3. The molecule has 88 valence electrons. The summed E-state index contributed by atoms with van der Waals surface area (Å²) in [4.78, 5) is 15.9. The minimum atomic E-state index is 0.194. The third-order valence-electron chi connectivity index (χ3n) is 3.45. The first-order valence-corrected chi connectivity index (χ1v) is 5.66. The zero-order valence-corrected chi connectivity index (χ0v) is 10.3. The molecule has 0 radical (unpaired) electrons. The first-order valence-electron chi connectivity index (χ1n) is 5.66. The molecule has 0 aromatic heterocycles. The van der Waals surface area contributed by atoms with Crippen LogP contribution in [-0.2, 0) is 4.79 Å². The first-order chi connectivity index (χ1) is 7.06. The van der Waals surface area contributed by atoms with Crippen molar-refractivity contribution >= 4 is 5.91 Å². The third-order valence-corrected chi connectivity index (χ3v) is 3.45. The Bertz CT molecular complexity index is 220. The Morgan fingerprint density at radius 2 is 2.27 bits per heavy atom. The van der Waals surface area contributed by atoms with Crippen molar-refractivity contribution in [2.75, 3.05) is 34.2 Å². The lowest BCUT2D eigenvalue weighted by molar-refractivity contribution is -0.132. The fourth-order valence-corrected chi connectivity index (χ4v) is 2.10. The van der Waals surface area contributed by atoms with Crippen LogP contribution in [0.4, 0.5) is 0 Å². The van der Waals surface area contributed by atoms with Crippen molar-refractivity contribution in [1.82, 2.24) is 15.1 Å². The number of likely N-dealkylation sites (tertiary alicyclic amines) is 1. The van der Waals surface area contributed by atoms with Gasteiger partial charge in [-0.2, -0.15) is 0 Å². The van der Waals surface area contributed by atoms with Crippen LogP contribution < -0.4 is 5.32 Å². The molecule has 1 saturated heterocycles. The second-order valence-corrected chi connectivity index (χ2v) is 4.54. The van der Waals surface area contributed by atoms with Gasteiger partial charge in [-0.05, 0) is 33.9 Å². The zero-order chi connectivity index (χ0) is 11.4. The molecular formula is C11H23N3O. The number of hydrogen-bond donors (Lipinski definition) is 1. The number of carbonyl (C=O) groups excluding carboxylic acids is 1. The van der Waals surface area contributed by atoms with Gasteiger partial charge in [0, 0.05) is 25.7 Å². The first kappa shape index (κ1) is 12.5. The van der Waals surface area contributed by atoms with Gasteiger partial charge in [0.25, 0.3) is 0 Å². The van der Waals surface area contributed by atoms with E-state index in [2.05, 4.69) is 24.2 Å². The average molecular weight is 213 g/mol. The molecule has 0 bridgehead atoms. The second-order valence-electron chi connectivity index (χ2n) is 4.54. The number of likely N-dealkylation sites (N-methyl/N-ethyl adjacent to an activating group) is 2. The molecule has 0 aliphatic carbocycles. The maximum absolute atomic E-state index is 11.7. The van der Waals surface area contributed by atoms with Crippen molar-refractivity contribution < 1.29 is 4.79 Å². The molecule has 0 aromatic carbocycles. The minimum absolute atomic E-state index is 0.194. The van der Waals surface area contributed by atoms with Crippen molar-refractivity contribution in [2.45, 2.75) is 31.8 Å². The summed E-state index contributed by atoms with van der Waals surface area (Å²) < 4.78 is 0. The molecule has 1 aliphatic heterocycles. The summed E-state index contributed by atoms with van der Waals surface area (Å²) in [6.07, 6.45) is 2.18. The predicted molar refractivity (Wildman–Crippen MR) is 61.8 cm³/mol. The topological polar surface area (TPSA) is 35.6 Å². The van der Waals surface area contributed by atoms with Crippen molar-refractivity contribution in [2.24, 2.45) is 0 Å². The van der Waals surface area contributed by atoms with Gasteiger partial charge < -0.3 is 15.1 Å². The monoisotopic (exact) mass is 213 g/mol. The van der Waals surface area contributed by atoms with E-state index >= 15 is 0 Å². The van der Waals surface area contributed by atoms with Gasteiger partial charge in [0.1, 0.15) is 0 Å². The molecule has 15 heavy (non-hydrogen) atoms. The van der Waals surface area contributed by atoms with E-state index in [1.54, 1.807) is 0 Å². The fourth-order valence-electron chi connectivity index (χ4n) is 2.10. The van der Waals surface area contributed by atoms with E-state index in [9.17, 15) is 4.79 Å². The maximum atomic E-state index is 11.7. The highest BCUT2D eigenvalue weighted by Gasteiger charge is 2.27. The number of nitrogens with zero attached hydrogens (tertiary/aromatic N) is 2. The summed E-state index contributed by atoms with van der Waals surface area (Å²) >= 11 is 0. The van der Waals surface area contributed by atoms with Gasteiger partial charge in [0.15, 0.2) is 0 Å². The maximum Gasteiger partial charge on any atom is 0.236 e. The number of amides is 1. The Balaban J connectivity index is 2.46. The van der Waals surface area contributed by atoms with E-state index in [0.717, 1.165) is 19.4 Å². The standard InChI is InChI=1S/C11H23N3O/c1-9-7-10(5-6-13(9)3)14(4)11(15)8-12-2/h9-10,12H,5-8H2,1-4H3. The molecule has 1 aliphatic rings. The van der Waals surface area contributed by atoms with Crippen molar-refractivity contribution in [3.63, 3.8) is 0 Å². The van der Waals surface area contributed by atoms with Gasteiger partial charge in [-0.25, -0.2) is 0 Å². The van der Waals surface area contributed by atoms with E-state index in [0.29, 0.717) is 18.6 Å². The van der Waals surface area contributed by atoms with Crippen LogP contribution in [0, 0.1) is 0 Å². The van der Waals surface area contributed by atoms with Crippen LogP contribution in [0.25, 0.3) is 0 Å². The highest BCUT2D eigenvalue weighted by molar-refractivity contribution is 5.78. The summed E-state index contributed by atoms with van der Waals surface area (Å²) in [6.45, 7) is 3.75. The van der Waals surface area contributed by atoms with Crippen LogP contribution in [-0.4, -0.2) is 62.0 Å². The quantitative estimate of drug-likeness (QED) is 0.725. The van der Waals surface area contributed by atoms with Crippen LogP contribution in [0.3, 0.4) is 0 Å². The number of hydrogen-bond acceptors (Lipinski definition) is 3. The minimum Gasteiger partial charge on any atom is -0.342 e. The largest absolute Gasteiger partial charge is 0.342 e. The van der Waals surface area contributed by atoms with Crippen LogP contribution >= 0.6 is 0 Å². The Labute approximate surface area is 92.6 Å². The van der Waals surface area contributed by atoms with Gasteiger partial charge in [-0.3, -0.25) is 4.79 Å². The molecule has 1 heterocycles. The predicted octanol–water partition coefficient (Wildman–Crippen LogP) is 0.147. The summed E-state index contributed by atoms with van der Waals surface area (Å²) in [6, 6.07) is 0.991. The van der Waals surface area contributed by atoms with Crippen molar-refractivity contribution in [3.8, 4) is 0 Å².